The van der Waals surface area contributed by atoms with Gasteiger partial charge in [-0.2, -0.15) is 0 Å². The van der Waals surface area contributed by atoms with Crippen LogP contribution in [0.25, 0.3) is 6.08 Å². The number of rotatable bonds is 2. The number of benzene rings is 2. The van der Waals surface area contributed by atoms with Crippen molar-refractivity contribution in [1.82, 2.24) is 5.43 Å². The lowest BCUT2D eigenvalue weighted by Crippen LogP contribution is -2.35. The van der Waals surface area contributed by atoms with Crippen LogP contribution in [-0.4, -0.2) is 11.8 Å². The van der Waals surface area contributed by atoms with Gasteiger partial charge in [-0.05, 0) is 42.8 Å². The molecule has 0 spiro atoms. The molecule has 3 rings (SSSR count). The first-order chi connectivity index (χ1) is 11.0. The molecular formula is C17H12Cl2N2O2. The van der Waals surface area contributed by atoms with Gasteiger partial charge in [0.15, 0.2) is 0 Å². The lowest BCUT2D eigenvalue weighted by molar-refractivity contribution is -0.117. The van der Waals surface area contributed by atoms with Crippen molar-refractivity contribution in [3.63, 3.8) is 0 Å². The molecule has 1 aliphatic heterocycles. The van der Waals surface area contributed by atoms with Gasteiger partial charge in [0, 0.05) is 10.0 Å². The molecule has 2 aromatic rings. The minimum Gasteiger partial charge on any atom is -0.267 e. The van der Waals surface area contributed by atoms with Crippen LogP contribution in [0.15, 0.2) is 48.0 Å². The molecular weight excluding hydrogens is 335 g/mol. The third kappa shape index (κ3) is 3.09. The standard InChI is InChI=1S/C17H12Cl2N2O2/c1-10-2-6-13(7-3-10)21-17(23)14(16(22)20-21)8-11-4-5-12(18)9-15(11)19/h2-9H,1H3,(H,20,22). The Hall–Kier alpha value is -2.30. The zero-order valence-corrected chi connectivity index (χ0v) is 13.7. The average molecular weight is 347 g/mol. The molecule has 0 aromatic heterocycles. The van der Waals surface area contributed by atoms with Gasteiger partial charge < -0.3 is 0 Å². The summed E-state index contributed by atoms with van der Waals surface area (Å²) in [6.07, 6.45) is 1.46. The van der Waals surface area contributed by atoms with Gasteiger partial charge >= 0.3 is 0 Å². The Kier molecular flexibility index (Phi) is 4.11. The van der Waals surface area contributed by atoms with Gasteiger partial charge in [0.25, 0.3) is 11.8 Å². The summed E-state index contributed by atoms with van der Waals surface area (Å²) in [7, 11) is 0. The van der Waals surface area contributed by atoms with E-state index in [-0.39, 0.29) is 5.57 Å². The van der Waals surface area contributed by atoms with Crippen molar-refractivity contribution in [3.05, 3.63) is 69.2 Å². The van der Waals surface area contributed by atoms with Crippen LogP contribution in [0, 0.1) is 6.92 Å². The molecule has 2 amide bonds. The molecule has 0 saturated carbocycles. The Morgan fingerprint density at radius 3 is 2.39 bits per heavy atom. The van der Waals surface area contributed by atoms with Gasteiger partial charge in [-0.1, -0.05) is 47.0 Å². The molecule has 0 bridgehead atoms. The van der Waals surface area contributed by atoms with E-state index in [1.807, 2.05) is 19.1 Å². The maximum absolute atomic E-state index is 12.5. The summed E-state index contributed by atoms with van der Waals surface area (Å²) in [5, 5.41) is 2.08. The zero-order valence-electron chi connectivity index (χ0n) is 12.1. The molecule has 1 saturated heterocycles. The van der Waals surface area contributed by atoms with Crippen molar-refractivity contribution < 1.29 is 9.59 Å². The molecule has 1 heterocycles. The molecule has 0 radical (unpaired) electrons. The molecule has 4 nitrogen and oxygen atoms in total. The Morgan fingerprint density at radius 1 is 1.04 bits per heavy atom. The molecule has 6 heteroatoms. The van der Waals surface area contributed by atoms with Crippen LogP contribution in [0.5, 0.6) is 0 Å². The van der Waals surface area contributed by atoms with Gasteiger partial charge in [0.2, 0.25) is 0 Å². The van der Waals surface area contributed by atoms with Crippen molar-refractivity contribution in [2.24, 2.45) is 0 Å². The first kappa shape index (κ1) is 15.6. The quantitative estimate of drug-likeness (QED) is 0.664. The van der Waals surface area contributed by atoms with Crippen LogP contribution in [-0.2, 0) is 9.59 Å². The number of nitrogens with zero attached hydrogens (tertiary/aromatic N) is 1. The monoisotopic (exact) mass is 346 g/mol. The van der Waals surface area contributed by atoms with Crippen molar-refractivity contribution in [1.29, 1.82) is 0 Å². The fourth-order valence-electron chi connectivity index (χ4n) is 2.21. The molecule has 1 fully saturated rings. The van der Waals surface area contributed by atoms with Crippen LogP contribution in [0.4, 0.5) is 5.69 Å². The third-order valence-electron chi connectivity index (χ3n) is 3.45. The van der Waals surface area contributed by atoms with Gasteiger partial charge in [0.1, 0.15) is 5.57 Å². The van der Waals surface area contributed by atoms with E-state index in [9.17, 15) is 9.59 Å². The highest BCUT2D eigenvalue weighted by Crippen LogP contribution is 2.26. The molecule has 1 aliphatic rings. The number of anilines is 1. The fraction of sp³-hybridized carbons (Fsp3) is 0.0588. The fourth-order valence-corrected chi connectivity index (χ4v) is 2.67. The second kappa shape index (κ2) is 6.07. The Morgan fingerprint density at radius 2 is 1.74 bits per heavy atom. The van der Waals surface area contributed by atoms with Gasteiger partial charge in [-0.15, -0.1) is 0 Å². The van der Waals surface area contributed by atoms with Gasteiger partial charge in [0.05, 0.1) is 5.69 Å². The van der Waals surface area contributed by atoms with Crippen molar-refractivity contribution in [2.75, 3.05) is 5.01 Å². The number of carbonyl (C=O) groups is 2. The molecule has 0 unspecified atom stereocenters. The Bertz CT molecular complexity index is 829. The smallest absolute Gasteiger partial charge is 0.267 e. The number of carbonyl (C=O) groups excluding carboxylic acids is 2. The second-order valence-corrected chi connectivity index (χ2v) is 5.98. The van der Waals surface area contributed by atoms with Crippen molar-refractivity contribution >= 4 is 46.8 Å². The van der Waals surface area contributed by atoms with Crippen LogP contribution in [0.2, 0.25) is 10.0 Å². The summed E-state index contributed by atoms with van der Waals surface area (Å²) in [4.78, 5) is 24.6. The van der Waals surface area contributed by atoms with Gasteiger partial charge in [-0.3, -0.25) is 15.0 Å². The number of hydrogen-bond acceptors (Lipinski definition) is 2. The largest absolute Gasteiger partial charge is 0.282 e. The van der Waals surface area contributed by atoms with Crippen LogP contribution >= 0.6 is 23.2 Å². The highest BCUT2D eigenvalue weighted by molar-refractivity contribution is 6.36. The minimum atomic E-state index is -0.471. The summed E-state index contributed by atoms with van der Waals surface area (Å²) in [5.74, 6) is -0.897. The molecule has 0 atom stereocenters. The lowest BCUT2D eigenvalue weighted by Gasteiger charge is -2.14. The molecule has 1 N–H and O–H groups in total. The summed E-state index contributed by atoms with van der Waals surface area (Å²) in [6.45, 7) is 1.95. The predicted octanol–water partition coefficient (Wildman–Crippen LogP) is 3.76. The summed E-state index contributed by atoms with van der Waals surface area (Å²) >= 11 is 11.9. The van der Waals surface area contributed by atoms with Crippen LogP contribution in [0.1, 0.15) is 11.1 Å². The molecule has 2 aromatic carbocycles. The van der Waals surface area contributed by atoms with Crippen molar-refractivity contribution in [3.8, 4) is 0 Å². The predicted molar refractivity (Wildman–Crippen MR) is 91.2 cm³/mol. The molecule has 23 heavy (non-hydrogen) atoms. The number of amides is 2. The first-order valence-corrected chi connectivity index (χ1v) is 7.60. The SMILES string of the molecule is Cc1ccc(N2NC(=O)C(=Cc3ccc(Cl)cc3Cl)C2=O)cc1. The normalized spacial score (nSPS) is 16.1. The van der Waals surface area contributed by atoms with E-state index in [4.69, 9.17) is 23.2 Å². The number of aryl methyl sites for hydroxylation is 1. The van der Waals surface area contributed by atoms with E-state index in [1.54, 1.807) is 30.3 Å². The zero-order chi connectivity index (χ0) is 16.6. The highest BCUT2D eigenvalue weighted by atomic mass is 35.5. The first-order valence-electron chi connectivity index (χ1n) is 6.84. The highest BCUT2D eigenvalue weighted by Gasteiger charge is 2.34. The van der Waals surface area contributed by atoms with Gasteiger partial charge in [-0.25, -0.2) is 5.01 Å². The van der Waals surface area contributed by atoms with E-state index in [2.05, 4.69) is 5.43 Å². The van der Waals surface area contributed by atoms with E-state index in [0.717, 1.165) is 5.56 Å². The topological polar surface area (TPSA) is 49.4 Å². The summed E-state index contributed by atoms with van der Waals surface area (Å²) in [5.41, 5.74) is 4.79. The van der Waals surface area contributed by atoms with E-state index < -0.39 is 11.8 Å². The summed E-state index contributed by atoms with van der Waals surface area (Å²) in [6, 6.07) is 12.1. The maximum atomic E-state index is 12.5. The van der Waals surface area contributed by atoms with Crippen LogP contribution in [0.3, 0.4) is 0 Å². The summed E-state index contributed by atoms with van der Waals surface area (Å²) < 4.78 is 0. The Labute approximate surface area is 143 Å². The number of halogens is 2. The lowest BCUT2D eigenvalue weighted by atomic mass is 10.1. The van der Waals surface area contributed by atoms with E-state index in [1.165, 1.54) is 11.1 Å². The van der Waals surface area contributed by atoms with E-state index >= 15 is 0 Å². The van der Waals surface area contributed by atoms with Crippen molar-refractivity contribution in [2.45, 2.75) is 6.92 Å². The second-order valence-electron chi connectivity index (χ2n) is 5.14. The maximum Gasteiger partial charge on any atom is 0.282 e. The van der Waals surface area contributed by atoms with Crippen LogP contribution < -0.4 is 10.4 Å². The minimum absolute atomic E-state index is 0.0230. The average Bonchev–Trinajstić information content (AvgIpc) is 2.78. The number of nitrogens with one attached hydrogen (secondary N) is 1. The molecule has 0 aliphatic carbocycles. The number of hydrogen-bond donors (Lipinski definition) is 1. The number of hydrazine groups is 1. The van der Waals surface area contributed by atoms with E-state index in [0.29, 0.717) is 21.3 Å². The third-order valence-corrected chi connectivity index (χ3v) is 4.01. The molecule has 116 valence electrons. The Balaban J connectivity index is 1.95.